The molecule has 2 aromatic carbocycles. The highest BCUT2D eigenvalue weighted by molar-refractivity contribution is 8.02. The summed E-state index contributed by atoms with van der Waals surface area (Å²) in [5, 5.41) is 9.64. The number of nitrogens with two attached hydrogens (primary N) is 1. The summed E-state index contributed by atoms with van der Waals surface area (Å²) in [5.74, 6) is 0.472. The fraction of sp³-hybridized carbons (Fsp3) is 0.286. The van der Waals surface area contributed by atoms with Crippen molar-refractivity contribution < 1.29 is 19.4 Å². The summed E-state index contributed by atoms with van der Waals surface area (Å²) in [7, 11) is 0. The van der Waals surface area contributed by atoms with E-state index < -0.39 is 11.4 Å². The molecular weight excluding hydrogens is 488 g/mol. The maximum absolute atomic E-state index is 13.5. The van der Waals surface area contributed by atoms with E-state index in [4.69, 9.17) is 10.5 Å². The van der Waals surface area contributed by atoms with Gasteiger partial charge >= 0.3 is 5.97 Å². The lowest BCUT2D eigenvalue weighted by Crippen LogP contribution is -2.35. The molecule has 0 saturated carbocycles. The van der Waals surface area contributed by atoms with E-state index in [0.717, 1.165) is 16.0 Å². The minimum Gasteiger partial charge on any atom is -0.453 e. The van der Waals surface area contributed by atoms with Crippen LogP contribution in [0.3, 0.4) is 0 Å². The number of carbonyl (C=O) groups is 2. The normalized spacial score (nSPS) is 12.0. The molecule has 0 unspecified atom stereocenters. The van der Waals surface area contributed by atoms with Crippen LogP contribution in [0.4, 0.5) is 5.82 Å². The third-order valence-corrected chi connectivity index (χ3v) is 7.28. The first kappa shape index (κ1) is 27.9. The molecule has 0 fully saturated rings. The number of nitrogens with zero attached hydrogens (tertiary/aromatic N) is 3. The molecule has 1 aromatic heterocycles. The maximum Gasteiger partial charge on any atom is 0.321 e. The van der Waals surface area contributed by atoms with Crippen LogP contribution in [0.5, 0.6) is 0 Å². The molecule has 1 amide bonds. The molecule has 8 nitrogen and oxygen atoms in total. The summed E-state index contributed by atoms with van der Waals surface area (Å²) < 4.78 is 5.77. The largest absolute Gasteiger partial charge is 0.453 e. The van der Waals surface area contributed by atoms with Crippen LogP contribution in [0.1, 0.15) is 42.8 Å². The highest BCUT2D eigenvalue weighted by Crippen LogP contribution is 2.34. The van der Waals surface area contributed by atoms with Gasteiger partial charge in [-0.25, -0.2) is 9.97 Å². The van der Waals surface area contributed by atoms with E-state index in [1.165, 1.54) is 16.7 Å². The summed E-state index contributed by atoms with van der Waals surface area (Å²) in [5.41, 5.74) is 7.87. The Hall–Kier alpha value is -3.69. The Labute approximate surface area is 221 Å². The van der Waals surface area contributed by atoms with Crippen molar-refractivity contribution in [3.63, 3.8) is 0 Å². The number of aliphatic hydroxyl groups is 1. The average molecular weight is 521 g/mol. The first-order valence-electron chi connectivity index (χ1n) is 11.8. The summed E-state index contributed by atoms with van der Waals surface area (Å²) >= 11 is 1.26. The molecule has 0 aliphatic carbocycles. The van der Waals surface area contributed by atoms with Crippen LogP contribution < -0.4 is 5.73 Å². The van der Waals surface area contributed by atoms with Gasteiger partial charge in [0.25, 0.3) is 0 Å². The Morgan fingerprint density at radius 2 is 1.73 bits per heavy atom. The van der Waals surface area contributed by atoms with Crippen molar-refractivity contribution in [2.24, 2.45) is 0 Å². The van der Waals surface area contributed by atoms with Crippen LogP contribution in [0.15, 0.2) is 77.5 Å². The quantitative estimate of drug-likeness (QED) is 0.207. The van der Waals surface area contributed by atoms with Crippen LogP contribution in [0, 0.1) is 6.92 Å². The van der Waals surface area contributed by atoms with Gasteiger partial charge in [-0.15, -0.1) is 0 Å². The van der Waals surface area contributed by atoms with Crippen molar-refractivity contribution in [1.29, 1.82) is 0 Å². The van der Waals surface area contributed by atoms with Crippen LogP contribution >= 0.6 is 11.8 Å². The van der Waals surface area contributed by atoms with Gasteiger partial charge in [0.15, 0.2) is 0 Å². The van der Waals surface area contributed by atoms with E-state index in [1.54, 1.807) is 20.0 Å². The van der Waals surface area contributed by atoms with E-state index in [9.17, 15) is 14.7 Å². The number of aromatic nitrogens is 2. The number of aliphatic hydroxyl groups excluding tert-OH is 1. The second-order valence-electron chi connectivity index (χ2n) is 8.59. The minimum atomic E-state index is -1.00. The predicted molar refractivity (Wildman–Crippen MR) is 145 cm³/mol. The molecule has 3 aromatic rings. The summed E-state index contributed by atoms with van der Waals surface area (Å²) in [6, 6.07) is 19.0. The van der Waals surface area contributed by atoms with Crippen molar-refractivity contribution in [2.75, 3.05) is 18.3 Å². The number of aryl methyl sites for hydroxylation is 1. The Balaban J connectivity index is 1.78. The number of hydrogen-bond acceptors (Lipinski definition) is 8. The van der Waals surface area contributed by atoms with Gasteiger partial charge in [-0.3, -0.25) is 9.59 Å². The highest BCUT2D eigenvalue weighted by Gasteiger charge is 2.38. The van der Waals surface area contributed by atoms with Crippen molar-refractivity contribution in [3.05, 3.63) is 100.0 Å². The van der Waals surface area contributed by atoms with Gasteiger partial charge in [0.2, 0.25) is 6.41 Å². The van der Waals surface area contributed by atoms with Gasteiger partial charge in [0, 0.05) is 35.4 Å². The number of ether oxygens (including phenoxy) is 1. The Bertz CT molecular complexity index is 1200. The zero-order valence-corrected chi connectivity index (χ0v) is 22.1. The van der Waals surface area contributed by atoms with Crippen molar-refractivity contribution in [3.8, 4) is 0 Å². The minimum absolute atomic E-state index is 0.0171. The first-order chi connectivity index (χ1) is 17.8. The smallest absolute Gasteiger partial charge is 0.321 e. The van der Waals surface area contributed by atoms with Crippen molar-refractivity contribution >= 4 is 30.0 Å². The van der Waals surface area contributed by atoms with Crippen molar-refractivity contribution in [2.45, 2.75) is 39.2 Å². The number of hydrogen-bond donors (Lipinski definition) is 2. The summed E-state index contributed by atoms with van der Waals surface area (Å²) in [4.78, 5) is 35.9. The second-order valence-corrected chi connectivity index (χ2v) is 9.61. The van der Waals surface area contributed by atoms with Gasteiger partial charge in [0.05, 0.1) is 6.54 Å². The first-order valence-corrected chi connectivity index (χ1v) is 12.8. The van der Waals surface area contributed by atoms with Gasteiger partial charge in [-0.2, -0.15) is 0 Å². The molecule has 194 valence electrons. The lowest BCUT2D eigenvalue weighted by Gasteiger charge is -2.29. The molecule has 0 saturated heterocycles. The fourth-order valence-electron chi connectivity index (χ4n) is 3.92. The van der Waals surface area contributed by atoms with E-state index >= 15 is 0 Å². The zero-order chi connectivity index (χ0) is 26.8. The van der Waals surface area contributed by atoms with Crippen molar-refractivity contribution in [1.82, 2.24) is 14.9 Å². The molecule has 1 heterocycles. The molecule has 0 aliphatic rings. The lowest BCUT2D eigenvalue weighted by molar-refractivity contribution is -0.146. The van der Waals surface area contributed by atoms with E-state index in [0.29, 0.717) is 35.7 Å². The molecule has 0 aliphatic heterocycles. The number of esters is 1. The van der Waals surface area contributed by atoms with Gasteiger partial charge < -0.3 is 20.5 Å². The number of nitrogen functional groups attached to an aromatic ring is 1. The zero-order valence-electron chi connectivity index (χ0n) is 21.3. The molecular formula is C28H32N4O4S. The number of amides is 1. The number of thioether (sulfide) groups is 1. The van der Waals surface area contributed by atoms with Crippen LogP contribution in [0.2, 0.25) is 0 Å². The monoisotopic (exact) mass is 520 g/mol. The molecule has 0 bridgehead atoms. The van der Waals surface area contributed by atoms with Crippen LogP contribution in [0.25, 0.3) is 0 Å². The molecule has 9 heteroatoms. The van der Waals surface area contributed by atoms with Gasteiger partial charge in [0.1, 0.15) is 23.0 Å². The second kappa shape index (κ2) is 13.0. The molecule has 0 atom stereocenters. The van der Waals surface area contributed by atoms with Gasteiger partial charge in [-0.1, -0.05) is 72.4 Å². The molecule has 0 spiro atoms. The highest BCUT2D eigenvalue weighted by atomic mass is 32.2. The predicted octanol–water partition coefficient (Wildman–Crippen LogP) is 4.18. The van der Waals surface area contributed by atoms with E-state index in [1.807, 2.05) is 67.6 Å². The molecule has 3 rings (SSSR count). The number of allylic oxidation sites excluding steroid dienone is 1. The number of anilines is 1. The topological polar surface area (TPSA) is 119 Å². The van der Waals surface area contributed by atoms with Crippen LogP contribution in [-0.2, 0) is 26.3 Å². The molecule has 0 radical (unpaired) electrons. The van der Waals surface area contributed by atoms with Gasteiger partial charge in [-0.05, 0) is 31.9 Å². The van der Waals surface area contributed by atoms with Crippen LogP contribution in [-0.4, -0.2) is 44.9 Å². The summed E-state index contributed by atoms with van der Waals surface area (Å²) in [6.45, 7) is 5.42. The van der Waals surface area contributed by atoms with E-state index in [2.05, 4.69) is 9.97 Å². The number of carbonyl (C=O) groups excluding carboxylic acids is 2. The number of rotatable bonds is 12. The maximum atomic E-state index is 13.5. The Morgan fingerprint density at radius 3 is 2.24 bits per heavy atom. The lowest BCUT2D eigenvalue weighted by atomic mass is 9.76. The Kier molecular flexibility index (Phi) is 9.82. The van der Waals surface area contributed by atoms with E-state index in [-0.39, 0.29) is 19.1 Å². The molecule has 37 heavy (non-hydrogen) atoms. The number of benzene rings is 2. The fourth-order valence-corrected chi connectivity index (χ4v) is 4.79. The SMILES string of the molecule is C/C(=C(\CCO)SCOC(=O)C(C)(c1ccccc1)c1ccccc1)N(C=O)Cc1cnc(C)nc1N. The standard InChI is InChI=1S/C28H32N4O4S/c1-20(32(18-34)17-22-16-30-21(2)31-26(22)29)25(14-15-33)37-19-36-27(35)28(3,23-10-6-4-7-11-23)24-12-8-5-9-13-24/h4-13,16,18,33H,14-15,17,19H2,1-3H3,(H2,29,30,31)/b25-20-. The Morgan fingerprint density at radius 1 is 1.14 bits per heavy atom. The summed E-state index contributed by atoms with van der Waals surface area (Å²) in [6.07, 6.45) is 2.59. The molecule has 3 N–H and O–H groups in total. The average Bonchev–Trinajstić information content (AvgIpc) is 2.92. The third-order valence-electron chi connectivity index (χ3n) is 6.19. The third kappa shape index (κ3) is 6.75.